The van der Waals surface area contributed by atoms with E-state index in [1.54, 1.807) is 18.6 Å². The lowest BCUT2D eigenvalue weighted by atomic mass is 9.96. The van der Waals surface area contributed by atoms with Gasteiger partial charge in [0, 0.05) is 35.5 Å². The van der Waals surface area contributed by atoms with E-state index in [4.69, 9.17) is 9.47 Å². The minimum Gasteiger partial charge on any atom is -0.493 e. The second-order valence-corrected chi connectivity index (χ2v) is 8.16. The number of fused-ring (bicyclic) bond motifs is 3. The number of nitrogens with zero attached hydrogens (tertiary/aromatic N) is 5. The second-order valence-electron chi connectivity index (χ2n) is 8.16. The number of hydrogen-bond acceptors (Lipinski definition) is 6. The molecule has 1 atom stereocenters. The third-order valence-corrected chi connectivity index (χ3v) is 5.95. The summed E-state index contributed by atoms with van der Waals surface area (Å²) in [5.74, 6) is 1.80. The van der Waals surface area contributed by atoms with Crippen LogP contribution in [-0.4, -0.2) is 37.6 Å². The molecule has 158 valence electrons. The van der Waals surface area contributed by atoms with E-state index in [-0.39, 0.29) is 17.8 Å². The molecule has 8 nitrogen and oxygen atoms in total. The molecule has 1 N–H and O–H groups in total. The van der Waals surface area contributed by atoms with Crippen molar-refractivity contribution in [2.45, 2.75) is 32.4 Å². The van der Waals surface area contributed by atoms with Crippen LogP contribution in [-0.2, 0) is 6.54 Å². The summed E-state index contributed by atoms with van der Waals surface area (Å²) in [5.41, 5.74) is 3.98. The quantitative estimate of drug-likeness (QED) is 0.532. The van der Waals surface area contributed by atoms with E-state index in [0.29, 0.717) is 42.5 Å². The van der Waals surface area contributed by atoms with Crippen molar-refractivity contribution >= 4 is 11.5 Å². The fraction of sp³-hybridized carbons (Fsp3) is 0.318. The van der Waals surface area contributed by atoms with Gasteiger partial charge in [0.15, 0.2) is 17.2 Å². The Morgan fingerprint density at radius 1 is 1.16 bits per heavy atom. The zero-order chi connectivity index (χ0) is 21.1. The maximum absolute atomic E-state index is 14.7. The van der Waals surface area contributed by atoms with E-state index >= 15 is 0 Å². The Kier molecular flexibility index (Phi) is 3.92. The summed E-state index contributed by atoms with van der Waals surface area (Å²) in [6, 6.07) is 7.26. The lowest BCUT2D eigenvalue weighted by Gasteiger charge is -2.17. The highest BCUT2D eigenvalue weighted by molar-refractivity contribution is 5.80. The van der Waals surface area contributed by atoms with E-state index in [9.17, 15) is 4.39 Å². The van der Waals surface area contributed by atoms with Crippen LogP contribution < -0.4 is 14.8 Å². The van der Waals surface area contributed by atoms with Gasteiger partial charge >= 0.3 is 0 Å². The predicted octanol–water partition coefficient (Wildman–Crippen LogP) is 3.79. The van der Waals surface area contributed by atoms with Gasteiger partial charge in [-0.2, -0.15) is 5.10 Å². The van der Waals surface area contributed by atoms with Crippen LogP contribution in [0.3, 0.4) is 0 Å². The number of hydrogen-bond donors (Lipinski definition) is 1. The molecule has 3 aromatic heterocycles. The molecule has 6 rings (SSSR count). The molecule has 0 aliphatic carbocycles. The van der Waals surface area contributed by atoms with Crippen molar-refractivity contribution in [1.29, 1.82) is 0 Å². The predicted molar refractivity (Wildman–Crippen MR) is 112 cm³/mol. The lowest BCUT2D eigenvalue weighted by molar-refractivity contribution is 0.249. The van der Waals surface area contributed by atoms with E-state index in [1.807, 2.05) is 21.2 Å². The van der Waals surface area contributed by atoms with Gasteiger partial charge < -0.3 is 14.8 Å². The topological polar surface area (TPSA) is 78.5 Å². The molecule has 4 aromatic rings. The standard InChI is InChI=1S/C22H21FN6O2/c1-12(2)29-17(5-6-26-29)14-7-19-22(28-11-25-27-21(14)28)24-8-15-16(23)3-4-18-20(15)13(9-30-18)10-31-19/h3-7,11-13,24H,8-10H2,1-2H3/t13-/m0/s1. The first-order valence-corrected chi connectivity index (χ1v) is 10.3. The molecular formula is C22H21FN6O2. The molecule has 31 heavy (non-hydrogen) atoms. The molecule has 2 aliphatic heterocycles. The first-order chi connectivity index (χ1) is 15.1. The SMILES string of the molecule is CC(C)n1nccc1-c1cc2c(n3cnnc13)NCc1c(F)ccc3c1[C@@H](CO3)CO2. The first-order valence-electron chi connectivity index (χ1n) is 10.3. The lowest BCUT2D eigenvalue weighted by Crippen LogP contribution is -2.13. The number of rotatable bonds is 2. The van der Waals surface area contributed by atoms with Crippen LogP contribution in [0.1, 0.15) is 36.9 Å². The summed E-state index contributed by atoms with van der Waals surface area (Å²) in [6.45, 7) is 5.33. The average Bonchev–Trinajstić information content (AvgIpc) is 3.50. The van der Waals surface area contributed by atoms with Crippen molar-refractivity contribution in [3.05, 3.63) is 53.7 Å². The molecule has 2 aliphatic rings. The molecule has 0 bridgehead atoms. The summed E-state index contributed by atoms with van der Waals surface area (Å²) in [7, 11) is 0. The first kappa shape index (κ1) is 18.2. The number of halogens is 1. The van der Waals surface area contributed by atoms with Crippen molar-refractivity contribution in [2.75, 3.05) is 18.5 Å². The van der Waals surface area contributed by atoms with Crippen molar-refractivity contribution < 1.29 is 13.9 Å². The van der Waals surface area contributed by atoms with Crippen molar-refractivity contribution in [3.8, 4) is 22.8 Å². The second kappa shape index (κ2) is 6.69. The molecule has 0 unspecified atom stereocenters. The van der Waals surface area contributed by atoms with Gasteiger partial charge in [-0.15, -0.1) is 10.2 Å². The van der Waals surface area contributed by atoms with Gasteiger partial charge in [0.25, 0.3) is 0 Å². The highest BCUT2D eigenvalue weighted by Gasteiger charge is 2.31. The maximum Gasteiger partial charge on any atom is 0.171 e. The number of anilines is 1. The Balaban J connectivity index is 1.52. The average molecular weight is 420 g/mol. The number of pyridine rings is 1. The maximum atomic E-state index is 14.7. The Morgan fingerprint density at radius 3 is 2.84 bits per heavy atom. The van der Waals surface area contributed by atoms with Crippen molar-refractivity contribution in [2.24, 2.45) is 0 Å². The van der Waals surface area contributed by atoms with Crippen LogP contribution in [0.2, 0.25) is 0 Å². The van der Waals surface area contributed by atoms with E-state index < -0.39 is 0 Å². The number of ether oxygens (including phenoxy) is 2. The molecule has 0 saturated heterocycles. The van der Waals surface area contributed by atoms with Crippen LogP contribution in [0.5, 0.6) is 11.5 Å². The van der Waals surface area contributed by atoms with E-state index in [1.165, 1.54) is 6.07 Å². The van der Waals surface area contributed by atoms with Gasteiger partial charge in [-0.1, -0.05) is 0 Å². The Morgan fingerprint density at radius 2 is 2.00 bits per heavy atom. The van der Waals surface area contributed by atoms with Gasteiger partial charge in [-0.05, 0) is 38.1 Å². The fourth-order valence-electron chi connectivity index (χ4n) is 4.51. The van der Waals surface area contributed by atoms with Crippen LogP contribution >= 0.6 is 0 Å². The summed E-state index contributed by atoms with van der Waals surface area (Å²) in [6.07, 6.45) is 3.42. The van der Waals surface area contributed by atoms with E-state index in [2.05, 4.69) is 34.5 Å². The Labute approximate surface area is 177 Å². The van der Waals surface area contributed by atoms with Crippen LogP contribution in [0.4, 0.5) is 10.2 Å². The summed E-state index contributed by atoms with van der Waals surface area (Å²) in [5, 5.41) is 16.3. The normalized spacial score (nSPS) is 17.2. The molecule has 0 fully saturated rings. The van der Waals surface area contributed by atoms with Crippen molar-refractivity contribution in [1.82, 2.24) is 24.4 Å². The summed E-state index contributed by atoms with van der Waals surface area (Å²) < 4.78 is 30.6. The van der Waals surface area contributed by atoms with Crippen LogP contribution in [0, 0.1) is 5.82 Å². The molecule has 0 amide bonds. The highest BCUT2D eigenvalue weighted by atomic mass is 19.1. The zero-order valence-electron chi connectivity index (χ0n) is 17.2. The number of aromatic nitrogens is 5. The van der Waals surface area contributed by atoms with E-state index in [0.717, 1.165) is 22.6 Å². The number of nitrogens with one attached hydrogen (secondary N) is 1. The molecule has 0 radical (unpaired) electrons. The molecule has 0 saturated carbocycles. The molecule has 5 heterocycles. The minimum atomic E-state index is -0.248. The van der Waals surface area contributed by atoms with Gasteiger partial charge in [0.1, 0.15) is 17.9 Å². The molecular weight excluding hydrogens is 399 g/mol. The van der Waals surface area contributed by atoms with Gasteiger partial charge in [0.2, 0.25) is 0 Å². The summed E-state index contributed by atoms with van der Waals surface area (Å²) in [4.78, 5) is 0. The zero-order valence-corrected chi connectivity index (χ0v) is 17.2. The number of benzene rings is 1. The van der Waals surface area contributed by atoms with Crippen LogP contribution in [0.15, 0.2) is 36.8 Å². The smallest absolute Gasteiger partial charge is 0.171 e. The summed E-state index contributed by atoms with van der Waals surface area (Å²) >= 11 is 0. The minimum absolute atomic E-state index is 0.0327. The van der Waals surface area contributed by atoms with Gasteiger partial charge in [-0.25, -0.2) is 4.39 Å². The van der Waals surface area contributed by atoms with Gasteiger partial charge in [-0.3, -0.25) is 9.08 Å². The molecule has 1 aromatic carbocycles. The monoisotopic (exact) mass is 420 g/mol. The van der Waals surface area contributed by atoms with Crippen molar-refractivity contribution in [3.63, 3.8) is 0 Å². The Bertz CT molecular complexity index is 1310. The third-order valence-electron chi connectivity index (χ3n) is 5.95. The van der Waals surface area contributed by atoms with Gasteiger partial charge in [0.05, 0.1) is 24.8 Å². The highest BCUT2D eigenvalue weighted by Crippen LogP contribution is 2.42. The Hall–Kier alpha value is -3.62. The van der Waals surface area contributed by atoms with Crippen LogP contribution in [0.25, 0.3) is 16.9 Å². The third kappa shape index (κ3) is 2.69. The largest absolute Gasteiger partial charge is 0.493 e. The molecule has 9 heteroatoms. The fourth-order valence-corrected chi connectivity index (χ4v) is 4.51. The molecule has 0 spiro atoms.